The minimum atomic E-state index is 0.910. The van der Waals surface area contributed by atoms with Crippen LogP contribution in [0, 0.1) is 0 Å². The van der Waals surface area contributed by atoms with E-state index in [-0.39, 0.29) is 0 Å². The molecule has 0 saturated carbocycles. The summed E-state index contributed by atoms with van der Waals surface area (Å²) in [7, 11) is 1.70. The van der Waals surface area contributed by atoms with E-state index in [1.165, 1.54) is 10.9 Å². The van der Waals surface area contributed by atoms with Gasteiger partial charge in [-0.15, -0.1) is 6.58 Å². The van der Waals surface area contributed by atoms with Crippen LogP contribution < -0.4 is 4.74 Å². The van der Waals surface area contributed by atoms with E-state index in [0.29, 0.717) is 0 Å². The van der Waals surface area contributed by atoms with Crippen LogP contribution in [0.1, 0.15) is 5.56 Å². The molecule has 0 aliphatic rings. The highest BCUT2D eigenvalue weighted by Gasteiger charge is 2.00. The van der Waals surface area contributed by atoms with Crippen LogP contribution in [0.3, 0.4) is 0 Å². The van der Waals surface area contributed by atoms with Crippen molar-refractivity contribution in [2.45, 2.75) is 6.42 Å². The molecule has 0 radical (unpaired) electrons. The summed E-state index contributed by atoms with van der Waals surface area (Å²) in [5.74, 6) is 0.928. The summed E-state index contributed by atoms with van der Waals surface area (Å²) in [6.07, 6.45) is 2.83. The van der Waals surface area contributed by atoms with Crippen LogP contribution in [0.25, 0.3) is 10.8 Å². The second kappa shape index (κ2) is 4.18. The van der Waals surface area contributed by atoms with Crippen LogP contribution in [0.4, 0.5) is 0 Å². The number of allylic oxidation sites excluding steroid dienone is 1. The molecule has 0 spiro atoms. The molecule has 76 valence electrons. The molecule has 2 aromatic carbocycles. The molecule has 0 heterocycles. The number of hydrogen-bond donors (Lipinski definition) is 0. The minimum absolute atomic E-state index is 0.910. The van der Waals surface area contributed by atoms with Crippen molar-refractivity contribution in [1.29, 1.82) is 0 Å². The highest BCUT2D eigenvalue weighted by molar-refractivity contribution is 5.88. The first-order valence-corrected chi connectivity index (χ1v) is 5.01. The van der Waals surface area contributed by atoms with Gasteiger partial charge in [0.05, 0.1) is 7.11 Å². The number of benzene rings is 2. The molecule has 1 heteroatoms. The molecule has 0 atom stereocenters. The van der Waals surface area contributed by atoms with Gasteiger partial charge in [0.2, 0.25) is 0 Å². The van der Waals surface area contributed by atoms with Crippen LogP contribution in [0.2, 0.25) is 0 Å². The highest BCUT2D eigenvalue weighted by Crippen LogP contribution is 2.26. The molecule has 0 bridgehead atoms. The Hall–Kier alpha value is -1.76. The Balaban J connectivity index is 2.58. The zero-order chi connectivity index (χ0) is 10.7. The minimum Gasteiger partial charge on any atom is -0.496 e. The number of rotatable bonds is 3. The number of fused-ring (bicyclic) bond motifs is 1. The fraction of sp³-hybridized carbons (Fsp3) is 0.143. The van der Waals surface area contributed by atoms with Crippen molar-refractivity contribution >= 4 is 10.8 Å². The van der Waals surface area contributed by atoms with Crippen molar-refractivity contribution in [1.82, 2.24) is 0 Å². The smallest absolute Gasteiger partial charge is 0.126 e. The number of ether oxygens (including phenoxy) is 1. The first-order valence-electron chi connectivity index (χ1n) is 5.01. The van der Waals surface area contributed by atoms with Crippen molar-refractivity contribution in [3.63, 3.8) is 0 Å². The van der Waals surface area contributed by atoms with Crippen molar-refractivity contribution in [3.8, 4) is 5.75 Å². The molecule has 0 saturated heterocycles. The average molecular weight is 198 g/mol. The van der Waals surface area contributed by atoms with Gasteiger partial charge >= 0.3 is 0 Å². The molecule has 0 aliphatic carbocycles. The molecule has 0 amide bonds. The summed E-state index contributed by atoms with van der Waals surface area (Å²) in [6, 6.07) is 12.5. The van der Waals surface area contributed by atoms with Crippen molar-refractivity contribution in [2.24, 2.45) is 0 Å². The zero-order valence-corrected chi connectivity index (χ0v) is 8.86. The standard InChI is InChI=1S/C14H14O/c1-3-5-11-8-9-13-12(10-11)6-4-7-14(13)15-2/h3-4,6-10H,1,5H2,2H3. The van der Waals surface area contributed by atoms with Gasteiger partial charge in [0, 0.05) is 5.39 Å². The average Bonchev–Trinajstić information content (AvgIpc) is 2.28. The molecular formula is C14H14O. The van der Waals surface area contributed by atoms with Gasteiger partial charge in [-0.25, -0.2) is 0 Å². The number of methoxy groups -OCH3 is 1. The maximum absolute atomic E-state index is 5.31. The van der Waals surface area contributed by atoms with E-state index in [1.807, 2.05) is 18.2 Å². The number of hydrogen-bond acceptors (Lipinski definition) is 1. The van der Waals surface area contributed by atoms with Crippen molar-refractivity contribution < 1.29 is 4.74 Å². The fourth-order valence-electron chi connectivity index (χ4n) is 1.78. The lowest BCUT2D eigenvalue weighted by molar-refractivity contribution is 0.420. The lowest BCUT2D eigenvalue weighted by atomic mass is 10.0. The predicted octanol–water partition coefficient (Wildman–Crippen LogP) is 3.58. The summed E-state index contributed by atoms with van der Waals surface area (Å²) < 4.78 is 5.31. The Morgan fingerprint density at radius 2 is 2.13 bits per heavy atom. The first-order chi connectivity index (χ1) is 7.35. The predicted molar refractivity (Wildman–Crippen MR) is 64.4 cm³/mol. The summed E-state index contributed by atoms with van der Waals surface area (Å²) in [5.41, 5.74) is 1.28. The molecule has 0 unspecified atom stereocenters. The van der Waals surface area contributed by atoms with Crippen LogP contribution in [0.15, 0.2) is 49.1 Å². The summed E-state index contributed by atoms with van der Waals surface area (Å²) in [6.45, 7) is 3.75. The SMILES string of the molecule is C=CCc1ccc2c(OC)cccc2c1. The van der Waals surface area contributed by atoms with Gasteiger partial charge in [0.25, 0.3) is 0 Å². The molecule has 0 N–H and O–H groups in total. The van der Waals surface area contributed by atoms with E-state index < -0.39 is 0 Å². The summed E-state index contributed by atoms with van der Waals surface area (Å²) in [4.78, 5) is 0. The van der Waals surface area contributed by atoms with E-state index >= 15 is 0 Å². The largest absolute Gasteiger partial charge is 0.496 e. The fourth-order valence-corrected chi connectivity index (χ4v) is 1.78. The zero-order valence-electron chi connectivity index (χ0n) is 8.86. The third kappa shape index (κ3) is 1.86. The summed E-state index contributed by atoms with van der Waals surface area (Å²) in [5, 5.41) is 2.38. The second-order valence-corrected chi connectivity index (χ2v) is 3.51. The maximum Gasteiger partial charge on any atom is 0.126 e. The van der Waals surface area contributed by atoms with Gasteiger partial charge in [-0.2, -0.15) is 0 Å². The van der Waals surface area contributed by atoms with E-state index in [2.05, 4.69) is 30.8 Å². The van der Waals surface area contributed by atoms with Crippen molar-refractivity contribution in [3.05, 3.63) is 54.6 Å². The van der Waals surface area contributed by atoms with Gasteiger partial charge in [-0.1, -0.05) is 36.4 Å². The van der Waals surface area contributed by atoms with E-state index in [1.54, 1.807) is 7.11 Å². The van der Waals surface area contributed by atoms with E-state index in [0.717, 1.165) is 17.6 Å². The molecule has 0 fully saturated rings. The second-order valence-electron chi connectivity index (χ2n) is 3.51. The van der Waals surface area contributed by atoms with E-state index in [9.17, 15) is 0 Å². The lowest BCUT2D eigenvalue weighted by Crippen LogP contribution is -1.86. The normalized spacial score (nSPS) is 10.2. The molecule has 2 rings (SSSR count). The molecular weight excluding hydrogens is 184 g/mol. The van der Waals surface area contributed by atoms with Gasteiger partial charge in [-0.05, 0) is 23.4 Å². The van der Waals surface area contributed by atoms with Gasteiger partial charge in [0.1, 0.15) is 5.75 Å². The Kier molecular flexibility index (Phi) is 2.72. The summed E-state index contributed by atoms with van der Waals surface area (Å²) >= 11 is 0. The molecule has 1 nitrogen and oxygen atoms in total. The topological polar surface area (TPSA) is 9.23 Å². The van der Waals surface area contributed by atoms with E-state index in [4.69, 9.17) is 4.74 Å². The van der Waals surface area contributed by atoms with Gasteiger partial charge < -0.3 is 4.74 Å². The van der Waals surface area contributed by atoms with Crippen LogP contribution in [0.5, 0.6) is 5.75 Å². The molecule has 0 aliphatic heterocycles. The van der Waals surface area contributed by atoms with Gasteiger partial charge in [0.15, 0.2) is 0 Å². The quantitative estimate of drug-likeness (QED) is 0.685. The Labute approximate surface area is 90.0 Å². The first kappa shape index (κ1) is 9.78. The van der Waals surface area contributed by atoms with Crippen molar-refractivity contribution in [2.75, 3.05) is 7.11 Å². The highest BCUT2D eigenvalue weighted by atomic mass is 16.5. The Morgan fingerprint density at radius 3 is 2.87 bits per heavy atom. The molecule has 15 heavy (non-hydrogen) atoms. The van der Waals surface area contributed by atoms with Crippen LogP contribution >= 0.6 is 0 Å². The monoisotopic (exact) mass is 198 g/mol. The van der Waals surface area contributed by atoms with Gasteiger partial charge in [-0.3, -0.25) is 0 Å². The third-order valence-corrected chi connectivity index (χ3v) is 2.50. The third-order valence-electron chi connectivity index (χ3n) is 2.50. The maximum atomic E-state index is 5.31. The Bertz CT molecular complexity index is 486. The lowest BCUT2D eigenvalue weighted by Gasteiger charge is -2.06. The molecule has 2 aromatic rings. The molecule has 0 aromatic heterocycles. The Morgan fingerprint density at radius 1 is 1.27 bits per heavy atom. The van der Waals surface area contributed by atoms with Crippen LogP contribution in [-0.2, 0) is 6.42 Å². The van der Waals surface area contributed by atoms with Crippen LogP contribution in [-0.4, -0.2) is 7.11 Å².